The zero-order valence-corrected chi connectivity index (χ0v) is 10.8. The molecule has 0 amide bonds. The molecule has 3 heteroatoms. The standard InChI is InChI=1S/C13H19NOS/c1-9-4-3-6-13(14,8-9)12(15)11-10(2)5-7-16-11/h5,7,9H,3-4,6,8,14H2,1-2H3. The fraction of sp³-hybridized carbons (Fsp3) is 0.615. The van der Waals surface area contributed by atoms with E-state index in [1.165, 1.54) is 17.8 Å². The first kappa shape index (κ1) is 11.8. The van der Waals surface area contributed by atoms with Crippen molar-refractivity contribution in [1.82, 2.24) is 0 Å². The molecule has 1 fully saturated rings. The van der Waals surface area contributed by atoms with Gasteiger partial charge in [-0.2, -0.15) is 0 Å². The molecule has 0 aliphatic heterocycles. The summed E-state index contributed by atoms with van der Waals surface area (Å²) in [7, 11) is 0. The van der Waals surface area contributed by atoms with Crippen molar-refractivity contribution in [3.05, 3.63) is 21.9 Å². The smallest absolute Gasteiger partial charge is 0.192 e. The zero-order chi connectivity index (χ0) is 11.8. The molecule has 1 aromatic rings. The topological polar surface area (TPSA) is 43.1 Å². The molecule has 0 aromatic carbocycles. The van der Waals surface area contributed by atoms with Crippen molar-refractivity contribution in [2.45, 2.75) is 45.1 Å². The zero-order valence-electron chi connectivity index (χ0n) is 9.95. The summed E-state index contributed by atoms with van der Waals surface area (Å²) in [5, 5.41) is 1.97. The van der Waals surface area contributed by atoms with E-state index in [0.717, 1.165) is 29.7 Å². The van der Waals surface area contributed by atoms with Crippen LogP contribution in [0.4, 0.5) is 0 Å². The Morgan fingerprint density at radius 3 is 2.94 bits per heavy atom. The fourth-order valence-corrected chi connectivity index (χ4v) is 3.60. The highest BCUT2D eigenvalue weighted by Crippen LogP contribution is 2.34. The van der Waals surface area contributed by atoms with Crippen LogP contribution in [0.3, 0.4) is 0 Å². The maximum absolute atomic E-state index is 12.4. The van der Waals surface area contributed by atoms with Crippen LogP contribution >= 0.6 is 11.3 Å². The number of ketones is 1. The van der Waals surface area contributed by atoms with Crippen LogP contribution in [0, 0.1) is 12.8 Å². The van der Waals surface area contributed by atoms with Crippen molar-refractivity contribution in [1.29, 1.82) is 0 Å². The van der Waals surface area contributed by atoms with E-state index in [9.17, 15) is 4.79 Å². The van der Waals surface area contributed by atoms with Gasteiger partial charge >= 0.3 is 0 Å². The molecule has 2 N–H and O–H groups in total. The van der Waals surface area contributed by atoms with Crippen LogP contribution in [0.2, 0.25) is 0 Å². The van der Waals surface area contributed by atoms with Crippen molar-refractivity contribution in [3.63, 3.8) is 0 Å². The van der Waals surface area contributed by atoms with Gasteiger partial charge in [-0.1, -0.05) is 19.8 Å². The summed E-state index contributed by atoms with van der Waals surface area (Å²) in [5.41, 5.74) is 6.77. The molecular formula is C13H19NOS. The average Bonchev–Trinajstić information content (AvgIpc) is 2.63. The monoisotopic (exact) mass is 237 g/mol. The first-order valence-corrected chi connectivity index (χ1v) is 6.79. The third-order valence-electron chi connectivity index (χ3n) is 3.55. The number of hydrogen-bond acceptors (Lipinski definition) is 3. The molecule has 0 bridgehead atoms. The number of aryl methyl sites for hydroxylation is 1. The summed E-state index contributed by atoms with van der Waals surface area (Å²) < 4.78 is 0. The number of Topliss-reactive ketones (excluding diaryl/α,β-unsaturated/α-hetero) is 1. The lowest BCUT2D eigenvalue weighted by molar-refractivity contribution is 0.0823. The van der Waals surface area contributed by atoms with Gasteiger partial charge in [0, 0.05) is 0 Å². The van der Waals surface area contributed by atoms with E-state index in [-0.39, 0.29) is 5.78 Å². The van der Waals surface area contributed by atoms with Gasteiger partial charge in [-0.05, 0) is 42.7 Å². The second kappa shape index (κ2) is 4.30. The van der Waals surface area contributed by atoms with Crippen LogP contribution in [0.25, 0.3) is 0 Å². The van der Waals surface area contributed by atoms with Crippen molar-refractivity contribution in [2.75, 3.05) is 0 Å². The van der Waals surface area contributed by atoms with Crippen molar-refractivity contribution in [3.8, 4) is 0 Å². The predicted molar refractivity (Wildman–Crippen MR) is 67.9 cm³/mol. The Morgan fingerprint density at radius 1 is 1.62 bits per heavy atom. The number of hydrogen-bond donors (Lipinski definition) is 1. The Kier molecular flexibility index (Phi) is 3.17. The minimum Gasteiger partial charge on any atom is -0.319 e. The second-order valence-corrected chi connectivity index (χ2v) is 6.04. The Morgan fingerprint density at radius 2 is 2.38 bits per heavy atom. The number of thiophene rings is 1. The SMILES string of the molecule is Cc1ccsc1C(=O)C1(N)CCCC(C)C1. The fourth-order valence-electron chi connectivity index (χ4n) is 2.63. The van der Waals surface area contributed by atoms with Crippen molar-refractivity contribution >= 4 is 17.1 Å². The Balaban J connectivity index is 2.24. The van der Waals surface area contributed by atoms with Gasteiger partial charge in [-0.15, -0.1) is 11.3 Å². The van der Waals surface area contributed by atoms with E-state index >= 15 is 0 Å². The number of carbonyl (C=O) groups is 1. The maximum atomic E-state index is 12.4. The molecule has 2 atom stereocenters. The van der Waals surface area contributed by atoms with Gasteiger partial charge in [-0.3, -0.25) is 4.79 Å². The molecule has 2 nitrogen and oxygen atoms in total. The summed E-state index contributed by atoms with van der Waals surface area (Å²) in [5.74, 6) is 0.731. The Hall–Kier alpha value is -0.670. The first-order valence-electron chi connectivity index (χ1n) is 5.91. The summed E-state index contributed by atoms with van der Waals surface area (Å²) in [6.45, 7) is 4.18. The van der Waals surface area contributed by atoms with Crippen LogP contribution < -0.4 is 5.73 Å². The normalized spacial score (nSPS) is 30.3. The van der Waals surface area contributed by atoms with Gasteiger partial charge in [0.05, 0.1) is 10.4 Å². The van der Waals surface area contributed by atoms with Crippen LogP contribution in [0.1, 0.15) is 47.8 Å². The van der Waals surface area contributed by atoms with E-state index < -0.39 is 5.54 Å². The molecule has 0 spiro atoms. The molecule has 1 aliphatic carbocycles. The lowest BCUT2D eigenvalue weighted by atomic mass is 9.74. The molecule has 2 unspecified atom stereocenters. The third kappa shape index (κ3) is 2.06. The van der Waals surface area contributed by atoms with E-state index in [4.69, 9.17) is 5.73 Å². The molecule has 2 rings (SSSR count). The predicted octanol–water partition coefficient (Wildman–Crippen LogP) is 3.15. The van der Waals surface area contributed by atoms with E-state index in [1.807, 2.05) is 18.4 Å². The molecule has 88 valence electrons. The van der Waals surface area contributed by atoms with Crippen LogP contribution in [-0.2, 0) is 0 Å². The van der Waals surface area contributed by atoms with Gasteiger partial charge in [0.15, 0.2) is 5.78 Å². The Labute approximate surface area is 101 Å². The number of carbonyl (C=O) groups excluding carboxylic acids is 1. The molecule has 1 aliphatic rings. The minimum atomic E-state index is -0.604. The van der Waals surface area contributed by atoms with Gasteiger partial charge in [0.1, 0.15) is 0 Å². The summed E-state index contributed by atoms with van der Waals surface area (Å²) in [4.78, 5) is 13.3. The van der Waals surface area contributed by atoms with Gasteiger partial charge < -0.3 is 5.73 Å². The van der Waals surface area contributed by atoms with E-state index in [0.29, 0.717) is 5.92 Å². The highest BCUT2D eigenvalue weighted by Gasteiger charge is 2.39. The van der Waals surface area contributed by atoms with Gasteiger partial charge in [-0.25, -0.2) is 0 Å². The molecule has 0 saturated heterocycles. The Bertz CT molecular complexity index is 398. The lowest BCUT2D eigenvalue weighted by Crippen LogP contribution is -2.50. The quantitative estimate of drug-likeness (QED) is 0.803. The largest absolute Gasteiger partial charge is 0.319 e. The first-order chi connectivity index (χ1) is 7.53. The molecule has 0 radical (unpaired) electrons. The minimum absolute atomic E-state index is 0.159. The highest BCUT2D eigenvalue weighted by molar-refractivity contribution is 7.12. The summed E-state index contributed by atoms with van der Waals surface area (Å²) in [6.07, 6.45) is 3.96. The second-order valence-electron chi connectivity index (χ2n) is 5.12. The van der Waals surface area contributed by atoms with Crippen molar-refractivity contribution < 1.29 is 4.79 Å². The van der Waals surface area contributed by atoms with Crippen LogP contribution in [0.15, 0.2) is 11.4 Å². The average molecular weight is 237 g/mol. The number of nitrogens with two attached hydrogens (primary N) is 1. The van der Waals surface area contributed by atoms with Crippen LogP contribution in [0.5, 0.6) is 0 Å². The molecule has 1 heterocycles. The number of rotatable bonds is 2. The summed E-state index contributed by atoms with van der Waals surface area (Å²) in [6, 6.07) is 1.99. The maximum Gasteiger partial charge on any atom is 0.192 e. The van der Waals surface area contributed by atoms with E-state index in [2.05, 4.69) is 6.92 Å². The van der Waals surface area contributed by atoms with E-state index in [1.54, 1.807) is 0 Å². The molecule has 1 saturated carbocycles. The highest BCUT2D eigenvalue weighted by atomic mass is 32.1. The van der Waals surface area contributed by atoms with Crippen molar-refractivity contribution in [2.24, 2.45) is 11.7 Å². The molecule has 1 aromatic heterocycles. The van der Waals surface area contributed by atoms with Gasteiger partial charge in [0.2, 0.25) is 0 Å². The lowest BCUT2D eigenvalue weighted by Gasteiger charge is -2.35. The van der Waals surface area contributed by atoms with Gasteiger partial charge in [0.25, 0.3) is 0 Å². The molecular weight excluding hydrogens is 218 g/mol. The molecule has 16 heavy (non-hydrogen) atoms. The van der Waals surface area contributed by atoms with Crippen LogP contribution in [-0.4, -0.2) is 11.3 Å². The third-order valence-corrected chi connectivity index (χ3v) is 4.57. The summed E-state index contributed by atoms with van der Waals surface area (Å²) >= 11 is 1.52.